The molecule has 5 heteroatoms. The van der Waals surface area contributed by atoms with Gasteiger partial charge in [0.25, 0.3) is 0 Å². The molecule has 0 aliphatic rings. The van der Waals surface area contributed by atoms with Gasteiger partial charge in [-0.05, 0) is 29.7 Å². The standard InChI is InChI=1S/C22H24N2O2S/c1-4-17-11-8-12-19(13-17)24-20(25)14-23-22(26)21(16(2)3)27-15-18-9-6-5-7-10-18/h1,5-13,16,21H,14-15H2,2-3H3,(H,23,26)(H,24,25). The summed E-state index contributed by atoms with van der Waals surface area (Å²) in [6.07, 6.45) is 5.36. The molecule has 1 atom stereocenters. The number of terminal acetylenes is 1. The van der Waals surface area contributed by atoms with E-state index in [1.807, 2.05) is 44.2 Å². The highest BCUT2D eigenvalue weighted by molar-refractivity contribution is 7.99. The first kappa shape index (κ1) is 20.6. The van der Waals surface area contributed by atoms with E-state index in [4.69, 9.17) is 6.42 Å². The molecule has 140 valence electrons. The molecule has 0 spiro atoms. The zero-order valence-corrected chi connectivity index (χ0v) is 16.4. The average molecular weight is 381 g/mol. The van der Waals surface area contributed by atoms with Crippen LogP contribution in [0, 0.1) is 18.3 Å². The van der Waals surface area contributed by atoms with Crippen LogP contribution in [-0.4, -0.2) is 23.6 Å². The molecule has 0 bridgehead atoms. The summed E-state index contributed by atoms with van der Waals surface area (Å²) in [7, 11) is 0. The maximum absolute atomic E-state index is 12.5. The van der Waals surface area contributed by atoms with Crippen molar-refractivity contribution in [3.05, 3.63) is 65.7 Å². The third-order valence-electron chi connectivity index (χ3n) is 3.87. The summed E-state index contributed by atoms with van der Waals surface area (Å²) in [5, 5.41) is 5.26. The van der Waals surface area contributed by atoms with Gasteiger partial charge in [-0.15, -0.1) is 18.2 Å². The Morgan fingerprint density at radius 2 is 1.85 bits per heavy atom. The Kier molecular flexibility index (Phi) is 7.97. The van der Waals surface area contributed by atoms with Crippen molar-refractivity contribution in [3.63, 3.8) is 0 Å². The minimum atomic E-state index is -0.284. The van der Waals surface area contributed by atoms with Gasteiger partial charge in [0, 0.05) is 17.0 Å². The van der Waals surface area contributed by atoms with E-state index >= 15 is 0 Å². The lowest BCUT2D eigenvalue weighted by Crippen LogP contribution is -2.40. The van der Waals surface area contributed by atoms with Gasteiger partial charge in [0.2, 0.25) is 11.8 Å². The zero-order valence-electron chi connectivity index (χ0n) is 15.6. The second-order valence-corrected chi connectivity index (χ2v) is 7.58. The number of hydrogen-bond acceptors (Lipinski definition) is 3. The summed E-state index contributed by atoms with van der Waals surface area (Å²) in [5.41, 5.74) is 2.48. The quantitative estimate of drug-likeness (QED) is 0.687. The predicted molar refractivity (Wildman–Crippen MR) is 112 cm³/mol. The van der Waals surface area contributed by atoms with Crippen LogP contribution in [0.4, 0.5) is 5.69 Å². The van der Waals surface area contributed by atoms with E-state index in [0.29, 0.717) is 11.3 Å². The Balaban J connectivity index is 1.85. The Morgan fingerprint density at radius 1 is 1.11 bits per heavy atom. The molecule has 0 heterocycles. The molecule has 0 aliphatic heterocycles. The Morgan fingerprint density at radius 3 is 2.52 bits per heavy atom. The highest BCUT2D eigenvalue weighted by atomic mass is 32.2. The second-order valence-electron chi connectivity index (χ2n) is 6.45. The van der Waals surface area contributed by atoms with Crippen LogP contribution in [0.2, 0.25) is 0 Å². The first-order valence-corrected chi connectivity index (χ1v) is 9.84. The molecule has 0 fully saturated rings. The number of nitrogens with one attached hydrogen (secondary N) is 2. The molecule has 2 amide bonds. The number of rotatable bonds is 8. The maximum Gasteiger partial charge on any atom is 0.243 e. The molecule has 0 saturated heterocycles. The van der Waals surface area contributed by atoms with Crippen LogP contribution in [0.25, 0.3) is 0 Å². The third-order valence-corrected chi connectivity index (χ3v) is 5.49. The van der Waals surface area contributed by atoms with E-state index < -0.39 is 0 Å². The molecule has 2 N–H and O–H groups in total. The van der Waals surface area contributed by atoms with Crippen molar-refractivity contribution in [2.24, 2.45) is 5.92 Å². The lowest BCUT2D eigenvalue weighted by Gasteiger charge is -2.20. The van der Waals surface area contributed by atoms with Crippen molar-refractivity contribution in [3.8, 4) is 12.3 Å². The molecule has 4 nitrogen and oxygen atoms in total. The molecule has 1 unspecified atom stereocenters. The van der Waals surface area contributed by atoms with Gasteiger partial charge < -0.3 is 10.6 Å². The van der Waals surface area contributed by atoms with Gasteiger partial charge in [0.05, 0.1) is 11.8 Å². The van der Waals surface area contributed by atoms with Crippen molar-refractivity contribution in [2.45, 2.75) is 24.9 Å². The summed E-state index contributed by atoms with van der Waals surface area (Å²) >= 11 is 1.59. The fourth-order valence-corrected chi connectivity index (χ4v) is 3.68. The molecule has 0 aliphatic carbocycles. The number of amides is 2. The Labute approximate surface area is 165 Å². The van der Waals surface area contributed by atoms with Crippen molar-refractivity contribution in [1.29, 1.82) is 0 Å². The van der Waals surface area contributed by atoms with Crippen molar-refractivity contribution >= 4 is 29.3 Å². The number of anilines is 1. The Hall–Kier alpha value is -2.71. The zero-order chi connectivity index (χ0) is 19.6. The first-order valence-electron chi connectivity index (χ1n) is 8.79. The molecule has 2 aromatic carbocycles. The third kappa shape index (κ3) is 6.84. The number of carbonyl (C=O) groups excluding carboxylic acids is 2. The molecule has 0 aromatic heterocycles. The van der Waals surface area contributed by atoms with Crippen LogP contribution >= 0.6 is 11.8 Å². The first-order chi connectivity index (χ1) is 13.0. The van der Waals surface area contributed by atoms with Crippen molar-refractivity contribution in [2.75, 3.05) is 11.9 Å². The molecular weight excluding hydrogens is 356 g/mol. The van der Waals surface area contributed by atoms with Gasteiger partial charge in [-0.1, -0.05) is 56.2 Å². The summed E-state index contributed by atoms with van der Waals surface area (Å²) in [6, 6.07) is 17.1. The number of thioether (sulfide) groups is 1. The molecule has 27 heavy (non-hydrogen) atoms. The Bertz CT molecular complexity index is 813. The van der Waals surface area contributed by atoms with Crippen LogP contribution in [0.1, 0.15) is 25.0 Å². The maximum atomic E-state index is 12.5. The number of hydrogen-bond donors (Lipinski definition) is 2. The van der Waals surface area contributed by atoms with E-state index in [-0.39, 0.29) is 29.5 Å². The summed E-state index contributed by atoms with van der Waals surface area (Å²) in [6.45, 7) is 3.94. The van der Waals surface area contributed by atoms with Gasteiger partial charge >= 0.3 is 0 Å². The molecule has 0 saturated carbocycles. The SMILES string of the molecule is C#Cc1cccc(NC(=O)CNC(=O)C(SCc2ccccc2)C(C)C)c1. The van der Waals surface area contributed by atoms with E-state index in [0.717, 1.165) is 5.75 Å². The van der Waals surface area contributed by atoms with E-state index in [2.05, 4.69) is 16.6 Å². The lowest BCUT2D eigenvalue weighted by atomic mass is 10.1. The molecule has 0 radical (unpaired) electrons. The van der Waals surface area contributed by atoms with Crippen LogP contribution in [0.3, 0.4) is 0 Å². The minimum Gasteiger partial charge on any atom is -0.346 e. The highest BCUT2D eigenvalue weighted by Crippen LogP contribution is 2.24. The number of carbonyl (C=O) groups is 2. The molecular formula is C22H24N2O2S. The predicted octanol–water partition coefficient (Wildman–Crippen LogP) is 3.68. The van der Waals surface area contributed by atoms with Crippen LogP contribution in [0.15, 0.2) is 54.6 Å². The summed E-state index contributed by atoms with van der Waals surface area (Å²) < 4.78 is 0. The molecule has 2 aromatic rings. The molecule has 2 rings (SSSR count). The lowest BCUT2D eigenvalue weighted by molar-refractivity contribution is -0.124. The van der Waals surface area contributed by atoms with Gasteiger partial charge in [0.1, 0.15) is 0 Å². The van der Waals surface area contributed by atoms with Crippen LogP contribution in [0.5, 0.6) is 0 Å². The summed E-state index contributed by atoms with van der Waals surface area (Å²) in [5.74, 6) is 3.02. The van der Waals surface area contributed by atoms with Gasteiger partial charge in [-0.2, -0.15) is 0 Å². The summed E-state index contributed by atoms with van der Waals surface area (Å²) in [4.78, 5) is 24.6. The number of benzene rings is 2. The highest BCUT2D eigenvalue weighted by Gasteiger charge is 2.23. The van der Waals surface area contributed by atoms with Crippen molar-refractivity contribution < 1.29 is 9.59 Å². The van der Waals surface area contributed by atoms with Gasteiger partial charge in [0.15, 0.2) is 0 Å². The second kappa shape index (κ2) is 10.4. The fraction of sp³-hybridized carbons (Fsp3) is 0.273. The monoisotopic (exact) mass is 380 g/mol. The van der Waals surface area contributed by atoms with Crippen LogP contribution < -0.4 is 10.6 Å². The normalized spacial score (nSPS) is 11.5. The smallest absolute Gasteiger partial charge is 0.243 e. The van der Waals surface area contributed by atoms with Crippen molar-refractivity contribution in [1.82, 2.24) is 5.32 Å². The van der Waals surface area contributed by atoms with E-state index in [1.54, 1.807) is 36.0 Å². The minimum absolute atomic E-state index is 0.0752. The van der Waals surface area contributed by atoms with E-state index in [9.17, 15) is 9.59 Å². The topological polar surface area (TPSA) is 58.2 Å². The van der Waals surface area contributed by atoms with E-state index in [1.165, 1.54) is 5.56 Å². The largest absolute Gasteiger partial charge is 0.346 e. The average Bonchev–Trinajstić information content (AvgIpc) is 2.67. The fourth-order valence-electron chi connectivity index (χ4n) is 2.49. The van der Waals surface area contributed by atoms with Crippen LogP contribution in [-0.2, 0) is 15.3 Å². The van der Waals surface area contributed by atoms with Gasteiger partial charge in [-0.3, -0.25) is 9.59 Å². The van der Waals surface area contributed by atoms with Gasteiger partial charge in [-0.25, -0.2) is 0 Å².